The third-order valence-electron chi connectivity index (χ3n) is 9.81. The Hall–Kier alpha value is -0.747. The summed E-state index contributed by atoms with van der Waals surface area (Å²) in [6, 6.07) is 15.2. The van der Waals surface area contributed by atoms with Crippen molar-refractivity contribution in [3.05, 3.63) is 82.5 Å². The summed E-state index contributed by atoms with van der Waals surface area (Å²) in [7, 11) is 0. The first-order chi connectivity index (χ1) is 18.7. The van der Waals surface area contributed by atoms with Crippen LogP contribution in [0.3, 0.4) is 0 Å². The first-order valence-corrected chi connectivity index (χ1v) is 16.9. The molecule has 3 heteroatoms. The summed E-state index contributed by atoms with van der Waals surface area (Å²) in [5, 5.41) is 0. The van der Waals surface area contributed by atoms with Gasteiger partial charge in [0.05, 0.1) is 0 Å². The fourth-order valence-corrected chi connectivity index (χ4v) is 8.26. The Balaban J connectivity index is 0.000000202. The van der Waals surface area contributed by atoms with E-state index in [9.17, 15) is 0 Å². The zero-order chi connectivity index (χ0) is 28.9. The van der Waals surface area contributed by atoms with E-state index in [4.69, 9.17) is 0 Å². The number of rotatable bonds is 1. The summed E-state index contributed by atoms with van der Waals surface area (Å²) in [6.07, 6.45) is 19.4. The summed E-state index contributed by atoms with van der Waals surface area (Å²) in [6.45, 7) is 17.8. The van der Waals surface area contributed by atoms with Gasteiger partial charge in [-0.3, -0.25) is 6.08 Å². The van der Waals surface area contributed by atoms with Crippen LogP contribution < -0.4 is 24.8 Å². The molecule has 8 rings (SSSR count). The second-order valence-electron chi connectivity index (χ2n) is 15.7. The van der Waals surface area contributed by atoms with Gasteiger partial charge in [0.25, 0.3) is 0 Å². The Morgan fingerprint density at radius 3 is 1.83 bits per heavy atom. The van der Waals surface area contributed by atoms with Gasteiger partial charge < -0.3 is 24.8 Å². The molecule has 2 aromatic rings. The van der Waals surface area contributed by atoms with Crippen LogP contribution in [0, 0.1) is 35.3 Å². The Labute approximate surface area is 284 Å². The maximum atomic E-state index is 3.67. The normalized spacial score (nSPS) is 26.0. The molecule has 0 radical (unpaired) electrons. The molecule has 4 bridgehead atoms. The summed E-state index contributed by atoms with van der Waals surface area (Å²) in [5.41, 5.74) is 11.0. The molecular weight excluding hydrogens is 631 g/mol. The Bertz CT molecular complexity index is 1230. The predicted molar refractivity (Wildman–Crippen MR) is 168 cm³/mol. The maximum Gasteiger partial charge on any atom is -0.0415 e. The van der Waals surface area contributed by atoms with Crippen molar-refractivity contribution in [1.82, 2.24) is 0 Å². The van der Waals surface area contributed by atoms with Crippen LogP contribution in [0.15, 0.2) is 48.1 Å². The number of hydrogen-bond acceptors (Lipinski definition) is 0. The number of allylic oxidation sites excluding steroid dienone is 4. The molecule has 4 fully saturated rings. The van der Waals surface area contributed by atoms with Crippen molar-refractivity contribution in [3.63, 3.8) is 0 Å². The molecule has 0 atom stereocenters. The van der Waals surface area contributed by atoms with Crippen LogP contribution >= 0.6 is 0 Å². The molecule has 0 spiro atoms. The molecule has 0 aromatic heterocycles. The topological polar surface area (TPSA) is 0 Å². The van der Waals surface area contributed by atoms with Gasteiger partial charge in [-0.1, -0.05) is 90.0 Å². The van der Waals surface area contributed by atoms with Crippen molar-refractivity contribution in [2.75, 3.05) is 0 Å². The molecule has 0 aliphatic heterocycles. The van der Waals surface area contributed by atoms with E-state index in [1.54, 1.807) is 49.1 Å². The minimum atomic E-state index is 0. The Kier molecular flexibility index (Phi) is 11.7. The first kappa shape index (κ1) is 35.7. The van der Waals surface area contributed by atoms with Crippen LogP contribution in [-0.4, -0.2) is 3.21 Å². The van der Waals surface area contributed by atoms with Crippen LogP contribution in [0.4, 0.5) is 0 Å². The van der Waals surface area contributed by atoms with E-state index in [0.717, 1.165) is 30.6 Å². The van der Waals surface area contributed by atoms with Crippen LogP contribution in [0.2, 0.25) is 0 Å². The van der Waals surface area contributed by atoms with Gasteiger partial charge in [0.2, 0.25) is 0 Å². The monoisotopic (exact) mass is 678 g/mol. The number of benzene rings is 2. The van der Waals surface area contributed by atoms with Gasteiger partial charge in [0, 0.05) is 0 Å². The largest absolute Gasteiger partial charge is 1.00 e. The molecule has 2 aromatic carbocycles. The number of hydrogen-bond donors (Lipinski definition) is 0. The van der Waals surface area contributed by atoms with E-state index in [-0.39, 0.29) is 35.6 Å². The van der Waals surface area contributed by atoms with Crippen molar-refractivity contribution in [3.8, 4) is 11.1 Å². The van der Waals surface area contributed by atoms with Gasteiger partial charge in [0.15, 0.2) is 0 Å². The van der Waals surface area contributed by atoms with E-state index < -0.39 is 0 Å². The van der Waals surface area contributed by atoms with Crippen LogP contribution in [0.25, 0.3) is 11.1 Å². The van der Waals surface area contributed by atoms with Crippen molar-refractivity contribution < 1.29 is 49.0 Å². The quantitative estimate of drug-likeness (QED) is 0.337. The molecule has 0 unspecified atom stereocenters. The van der Waals surface area contributed by atoms with Crippen molar-refractivity contribution in [2.24, 2.45) is 23.2 Å². The average molecular weight is 681 g/mol. The van der Waals surface area contributed by atoms with Gasteiger partial charge >= 0.3 is 41.3 Å². The molecular formula is C39H50Cl2Zr-2. The average Bonchev–Trinajstić information content (AvgIpc) is 3.50. The maximum absolute atomic E-state index is 3.67. The summed E-state index contributed by atoms with van der Waals surface area (Å²) in [5.74, 6) is 3.23. The molecule has 0 saturated heterocycles. The minimum Gasteiger partial charge on any atom is -1.00 e. The zero-order valence-electron chi connectivity index (χ0n) is 27.2. The van der Waals surface area contributed by atoms with Crippen LogP contribution in [-0.2, 0) is 41.5 Å². The molecule has 42 heavy (non-hydrogen) atoms. The van der Waals surface area contributed by atoms with Crippen molar-refractivity contribution in [1.29, 1.82) is 0 Å². The van der Waals surface area contributed by atoms with Gasteiger partial charge in [0.1, 0.15) is 0 Å². The third-order valence-corrected chi connectivity index (χ3v) is 9.81. The molecule has 226 valence electrons. The molecule has 0 nitrogen and oxygen atoms in total. The van der Waals surface area contributed by atoms with Gasteiger partial charge in [-0.15, -0.1) is 17.5 Å². The second-order valence-corrected chi connectivity index (χ2v) is 18.2. The molecule has 4 saturated carbocycles. The van der Waals surface area contributed by atoms with E-state index in [1.165, 1.54) is 55.8 Å². The molecule has 0 heterocycles. The van der Waals surface area contributed by atoms with E-state index in [0.29, 0.717) is 5.41 Å². The minimum absolute atomic E-state index is 0. The van der Waals surface area contributed by atoms with E-state index >= 15 is 0 Å². The zero-order valence-corrected chi connectivity index (χ0v) is 31.2. The van der Waals surface area contributed by atoms with Crippen LogP contribution in [0.5, 0.6) is 0 Å². The molecule has 0 N–H and O–H groups in total. The Morgan fingerprint density at radius 1 is 0.810 bits per heavy atom. The van der Waals surface area contributed by atoms with E-state index in [2.05, 4.69) is 110 Å². The number of fused-ring (bicyclic) bond motifs is 3. The SMILES string of the molecule is CC(C)(C)c1[c-]c2c(cc1)-c1ccc(C(C)(C)C)cc1C2.C[C](C)=[Zr+2].[C-]1=CC(C23CC4CC(CC(C4)C2)C3)=CC1.[Cl-].[Cl-]. The molecule has 6 aliphatic carbocycles. The first-order valence-electron chi connectivity index (χ1n) is 15.7. The summed E-state index contributed by atoms with van der Waals surface area (Å²) >= 11 is 1.55. The molecule has 6 aliphatic rings. The fraction of sp³-hybridized carbons (Fsp3) is 0.564. The van der Waals surface area contributed by atoms with Gasteiger partial charge in [-0.05, 0) is 65.4 Å². The third kappa shape index (κ3) is 7.90. The van der Waals surface area contributed by atoms with Gasteiger partial charge in [-0.2, -0.15) is 35.4 Å². The second kappa shape index (κ2) is 13.7. The fourth-order valence-electron chi connectivity index (χ4n) is 8.26. The Morgan fingerprint density at radius 2 is 1.36 bits per heavy atom. The van der Waals surface area contributed by atoms with Crippen molar-refractivity contribution >= 4 is 3.21 Å². The predicted octanol–water partition coefficient (Wildman–Crippen LogP) is 4.30. The summed E-state index contributed by atoms with van der Waals surface area (Å²) < 4.78 is 1.51. The number of halogens is 2. The van der Waals surface area contributed by atoms with Crippen molar-refractivity contribution in [2.45, 2.75) is 118 Å². The smallest absolute Gasteiger partial charge is 0.0415 e. The van der Waals surface area contributed by atoms with Crippen LogP contribution in [0.1, 0.15) is 123 Å². The summed E-state index contributed by atoms with van der Waals surface area (Å²) in [4.78, 5) is 0. The van der Waals surface area contributed by atoms with Gasteiger partial charge in [-0.25, -0.2) is 6.08 Å². The molecule has 0 amide bonds. The van der Waals surface area contributed by atoms with E-state index in [1.807, 2.05) is 0 Å². The standard InChI is InChI=1S/C21H25.C15H19.C3H6.2ClH.Zr/c1-20(2,3)16-7-9-18-14(12-16)11-15-13-17(21(4,5)6)8-10-19(15)18;1-2-4-14(3-1)15-8-11-5-12(9-15)7-13(6-11)10-15;1-3-2;;;/h7-10,12H,11H2,1-6H3;3-4,11-13H,1,5-10H2;1-2H3;2*1H;/q2*-1;;;;+2/p-2.